The van der Waals surface area contributed by atoms with E-state index < -0.39 is 17.6 Å². The van der Waals surface area contributed by atoms with Crippen LogP contribution in [0.4, 0.5) is 10.1 Å². The molecule has 0 aliphatic rings. The molecule has 134 valence electrons. The molecule has 0 saturated carbocycles. The number of aryl methyl sites for hydroxylation is 2. The second-order valence-corrected chi connectivity index (χ2v) is 5.92. The number of hydrazine groups is 1. The van der Waals surface area contributed by atoms with Crippen LogP contribution in [0.5, 0.6) is 0 Å². The molecule has 0 aliphatic heterocycles. The number of nitrogens with one attached hydrogen (secondary N) is 3. The number of carbonyl (C=O) groups is 2. The van der Waals surface area contributed by atoms with E-state index in [9.17, 15) is 14.0 Å². The molecule has 26 heavy (non-hydrogen) atoms. The van der Waals surface area contributed by atoms with Crippen molar-refractivity contribution in [1.82, 2.24) is 10.9 Å². The predicted octanol–water partition coefficient (Wildman–Crippen LogP) is 3.06. The number of amides is 2. The normalized spacial score (nSPS) is 10.6. The van der Waals surface area contributed by atoms with Crippen molar-refractivity contribution in [3.8, 4) is 0 Å². The number of hydrogen-bond acceptors (Lipinski definition) is 4. The van der Waals surface area contributed by atoms with Gasteiger partial charge < -0.3 is 9.73 Å². The van der Waals surface area contributed by atoms with Crippen molar-refractivity contribution in [2.24, 2.45) is 0 Å². The maximum atomic E-state index is 13.3. The summed E-state index contributed by atoms with van der Waals surface area (Å²) in [4.78, 5) is 24.1. The number of hydrogen-bond donors (Lipinski definition) is 3. The molecule has 0 aliphatic carbocycles. The van der Waals surface area contributed by atoms with E-state index in [-0.39, 0.29) is 12.3 Å². The first kappa shape index (κ1) is 17.5. The fraction of sp³-hybridized carbons (Fsp3) is 0.158. The van der Waals surface area contributed by atoms with Gasteiger partial charge in [-0.3, -0.25) is 20.4 Å². The Kier molecular flexibility index (Phi) is 4.88. The summed E-state index contributed by atoms with van der Waals surface area (Å²) in [6.07, 6.45) is 0. The summed E-state index contributed by atoms with van der Waals surface area (Å²) in [5, 5.41) is 3.46. The Labute approximate surface area is 149 Å². The molecular weight excluding hydrogens is 337 g/mol. The SMILES string of the molecule is Cc1ccc(NCC(=O)NNC(=O)c2oc3ccc(F)cc3c2C)cc1. The zero-order valence-electron chi connectivity index (χ0n) is 14.4. The summed E-state index contributed by atoms with van der Waals surface area (Å²) in [6, 6.07) is 11.6. The molecule has 0 radical (unpaired) electrons. The van der Waals surface area contributed by atoms with Gasteiger partial charge in [0.1, 0.15) is 11.4 Å². The van der Waals surface area contributed by atoms with Crippen molar-refractivity contribution in [2.75, 3.05) is 11.9 Å². The third-order valence-electron chi connectivity index (χ3n) is 3.92. The quantitative estimate of drug-likeness (QED) is 0.628. The van der Waals surface area contributed by atoms with E-state index >= 15 is 0 Å². The minimum absolute atomic E-state index is 0.00629. The van der Waals surface area contributed by atoms with E-state index in [1.54, 1.807) is 6.92 Å². The van der Waals surface area contributed by atoms with Crippen LogP contribution >= 0.6 is 0 Å². The molecule has 0 bridgehead atoms. The molecule has 0 spiro atoms. The third kappa shape index (κ3) is 3.83. The Morgan fingerprint density at radius 3 is 2.50 bits per heavy atom. The van der Waals surface area contributed by atoms with Crippen LogP contribution in [0.1, 0.15) is 21.7 Å². The maximum absolute atomic E-state index is 13.3. The fourth-order valence-electron chi connectivity index (χ4n) is 2.49. The molecule has 0 atom stereocenters. The van der Waals surface area contributed by atoms with E-state index in [1.165, 1.54) is 18.2 Å². The summed E-state index contributed by atoms with van der Waals surface area (Å²) in [6.45, 7) is 3.62. The van der Waals surface area contributed by atoms with Gasteiger partial charge >= 0.3 is 5.91 Å². The molecule has 3 N–H and O–H groups in total. The molecule has 1 heterocycles. The summed E-state index contributed by atoms with van der Waals surface area (Å²) in [5.74, 6) is -1.41. The highest BCUT2D eigenvalue weighted by Crippen LogP contribution is 2.25. The minimum atomic E-state index is -0.609. The van der Waals surface area contributed by atoms with Crippen LogP contribution in [-0.4, -0.2) is 18.4 Å². The van der Waals surface area contributed by atoms with Crippen molar-refractivity contribution >= 4 is 28.5 Å². The minimum Gasteiger partial charge on any atom is -0.451 e. The second kappa shape index (κ2) is 7.26. The Morgan fingerprint density at radius 1 is 1.04 bits per heavy atom. The van der Waals surface area contributed by atoms with Gasteiger partial charge in [0.05, 0.1) is 6.54 Å². The summed E-state index contributed by atoms with van der Waals surface area (Å²) in [5.41, 5.74) is 7.43. The highest BCUT2D eigenvalue weighted by molar-refractivity contribution is 5.99. The lowest BCUT2D eigenvalue weighted by molar-refractivity contribution is -0.120. The second-order valence-electron chi connectivity index (χ2n) is 5.92. The largest absolute Gasteiger partial charge is 0.451 e. The van der Waals surface area contributed by atoms with Crippen molar-refractivity contribution in [3.63, 3.8) is 0 Å². The number of benzene rings is 2. The van der Waals surface area contributed by atoms with Crippen LogP contribution in [0.2, 0.25) is 0 Å². The van der Waals surface area contributed by atoms with Gasteiger partial charge in [-0.05, 0) is 44.2 Å². The Bertz CT molecular complexity index is 964. The summed E-state index contributed by atoms with van der Waals surface area (Å²) < 4.78 is 18.8. The highest BCUT2D eigenvalue weighted by Gasteiger charge is 2.18. The zero-order valence-corrected chi connectivity index (χ0v) is 14.4. The highest BCUT2D eigenvalue weighted by atomic mass is 19.1. The van der Waals surface area contributed by atoms with E-state index in [0.29, 0.717) is 16.5 Å². The molecule has 2 amide bonds. The van der Waals surface area contributed by atoms with Crippen molar-refractivity contribution in [2.45, 2.75) is 13.8 Å². The van der Waals surface area contributed by atoms with Gasteiger partial charge in [-0.25, -0.2) is 4.39 Å². The van der Waals surface area contributed by atoms with Gasteiger partial charge in [0.2, 0.25) is 0 Å². The van der Waals surface area contributed by atoms with E-state index in [4.69, 9.17) is 4.42 Å². The molecular formula is C19H18FN3O3. The topological polar surface area (TPSA) is 83.4 Å². The van der Waals surface area contributed by atoms with E-state index in [1.807, 2.05) is 31.2 Å². The van der Waals surface area contributed by atoms with Crippen molar-refractivity contribution in [3.05, 3.63) is 65.2 Å². The third-order valence-corrected chi connectivity index (χ3v) is 3.92. The Hall–Kier alpha value is -3.35. The van der Waals surface area contributed by atoms with E-state index in [0.717, 1.165) is 11.3 Å². The monoisotopic (exact) mass is 355 g/mol. The number of halogens is 1. The Balaban J connectivity index is 1.57. The van der Waals surface area contributed by atoms with Crippen molar-refractivity contribution < 1.29 is 18.4 Å². The lowest BCUT2D eigenvalue weighted by Crippen LogP contribution is -2.44. The molecule has 3 aromatic rings. The Morgan fingerprint density at radius 2 is 1.77 bits per heavy atom. The van der Waals surface area contributed by atoms with Gasteiger partial charge in [-0.1, -0.05) is 17.7 Å². The molecule has 0 saturated heterocycles. The smallest absolute Gasteiger partial charge is 0.305 e. The van der Waals surface area contributed by atoms with Crippen LogP contribution in [0.3, 0.4) is 0 Å². The molecule has 0 fully saturated rings. The first-order valence-electron chi connectivity index (χ1n) is 8.02. The van der Waals surface area contributed by atoms with Gasteiger partial charge in [0, 0.05) is 16.6 Å². The number of carbonyl (C=O) groups excluding carboxylic acids is 2. The predicted molar refractivity (Wildman–Crippen MR) is 96.2 cm³/mol. The molecule has 3 rings (SSSR count). The summed E-state index contributed by atoms with van der Waals surface area (Å²) >= 11 is 0. The van der Waals surface area contributed by atoms with Crippen LogP contribution in [0.25, 0.3) is 11.0 Å². The fourth-order valence-corrected chi connectivity index (χ4v) is 2.49. The van der Waals surface area contributed by atoms with Gasteiger partial charge in [-0.2, -0.15) is 0 Å². The number of fused-ring (bicyclic) bond motifs is 1. The van der Waals surface area contributed by atoms with Crippen LogP contribution < -0.4 is 16.2 Å². The van der Waals surface area contributed by atoms with Crippen LogP contribution in [0.15, 0.2) is 46.9 Å². The average Bonchev–Trinajstić information content (AvgIpc) is 2.95. The molecule has 1 aromatic heterocycles. The average molecular weight is 355 g/mol. The molecule has 6 nitrogen and oxygen atoms in total. The van der Waals surface area contributed by atoms with Gasteiger partial charge in [-0.15, -0.1) is 0 Å². The van der Waals surface area contributed by atoms with Crippen molar-refractivity contribution in [1.29, 1.82) is 0 Å². The molecule has 7 heteroatoms. The van der Waals surface area contributed by atoms with Gasteiger partial charge in [0.25, 0.3) is 5.91 Å². The molecule has 0 unspecified atom stereocenters. The standard InChI is InChI=1S/C19H18FN3O3/c1-11-3-6-14(7-4-11)21-10-17(24)22-23-19(25)18-12(2)15-9-13(20)5-8-16(15)26-18/h3-9,21H,10H2,1-2H3,(H,22,24)(H,23,25). The van der Waals surface area contributed by atoms with Gasteiger partial charge in [0.15, 0.2) is 5.76 Å². The number of furan rings is 1. The van der Waals surface area contributed by atoms with Crippen LogP contribution in [0, 0.1) is 19.7 Å². The lowest BCUT2D eigenvalue weighted by atomic mass is 10.1. The lowest BCUT2D eigenvalue weighted by Gasteiger charge is -2.08. The number of anilines is 1. The maximum Gasteiger partial charge on any atom is 0.305 e. The zero-order chi connectivity index (χ0) is 18.7. The van der Waals surface area contributed by atoms with Crippen LogP contribution in [-0.2, 0) is 4.79 Å². The van der Waals surface area contributed by atoms with E-state index in [2.05, 4.69) is 16.2 Å². The number of rotatable bonds is 4. The first-order chi connectivity index (χ1) is 12.4. The molecule has 2 aromatic carbocycles. The summed E-state index contributed by atoms with van der Waals surface area (Å²) in [7, 11) is 0. The first-order valence-corrected chi connectivity index (χ1v) is 8.02.